The molecule has 7 heteroatoms. The molecule has 0 atom stereocenters. The van der Waals surface area contributed by atoms with Crippen molar-refractivity contribution in [1.82, 2.24) is 25.5 Å². The lowest BCUT2D eigenvalue weighted by Crippen LogP contribution is -2.37. The third kappa shape index (κ3) is 5.03. The zero-order chi connectivity index (χ0) is 18.2. The van der Waals surface area contributed by atoms with Gasteiger partial charge in [-0.25, -0.2) is 4.68 Å². The van der Waals surface area contributed by atoms with E-state index in [-0.39, 0.29) is 11.3 Å². The fourth-order valence-corrected chi connectivity index (χ4v) is 3.87. The van der Waals surface area contributed by atoms with Crippen LogP contribution in [0.15, 0.2) is 30.6 Å². The number of nitrogens with zero attached hydrogens (tertiary/aromatic N) is 4. The smallest absolute Gasteiger partial charge is 0.220 e. The highest BCUT2D eigenvalue weighted by molar-refractivity contribution is 5.76. The fraction of sp³-hybridized carbons (Fsp3) is 0.579. The van der Waals surface area contributed by atoms with Crippen LogP contribution in [0, 0.1) is 5.41 Å². The van der Waals surface area contributed by atoms with Crippen molar-refractivity contribution >= 4 is 5.91 Å². The molecule has 0 saturated heterocycles. The van der Waals surface area contributed by atoms with Crippen LogP contribution in [-0.4, -0.2) is 39.8 Å². The van der Waals surface area contributed by atoms with Crippen LogP contribution in [0.3, 0.4) is 0 Å². The van der Waals surface area contributed by atoms with Crippen molar-refractivity contribution in [3.05, 3.63) is 36.2 Å². The van der Waals surface area contributed by atoms with Gasteiger partial charge < -0.3 is 10.1 Å². The van der Waals surface area contributed by atoms with Crippen LogP contribution in [0.4, 0.5) is 0 Å². The summed E-state index contributed by atoms with van der Waals surface area (Å²) >= 11 is 0. The number of methoxy groups -OCH3 is 1. The number of hydrogen-bond acceptors (Lipinski definition) is 5. The number of amides is 1. The number of benzene rings is 1. The molecule has 1 fully saturated rings. The van der Waals surface area contributed by atoms with E-state index in [2.05, 4.69) is 26.9 Å². The molecule has 0 bridgehead atoms. The molecular formula is C19H27N5O2. The van der Waals surface area contributed by atoms with E-state index < -0.39 is 0 Å². The molecule has 1 N–H and O–H groups in total. The highest BCUT2D eigenvalue weighted by atomic mass is 16.5. The van der Waals surface area contributed by atoms with Gasteiger partial charge in [-0.2, -0.15) is 0 Å². The second-order valence-corrected chi connectivity index (χ2v) is 7.20. The number of carbonyl (C=O) groups excluding carboxylic acids is 1. The predicted molar refractivity (Wildman–Crippen MR) is 97.7 cm³/mol. The highest BCUT2D eigenvalue weighted by Gasteiger charge is 2.35. The minimum atomic E-state index is -0.0340. The van der Waals surface area contributed by atoms with Crippen molar-refractivity contribution in [2.24, 2.45) is 5.41 Å². The first-order valence-electron chi connectivity index (χ1n) is 9.30. The lowest BCUT2D eigenvalue weighted by atomic mass is 9.71. The van der Waals surface area contributed by atoms with Gasteiger partial charge in [0.2, 0.25) is 5.91 Å². The standard InChI is InChI=1S/C19H27N5O2/c1-26-17-7-5-6-16(12-17)8-11-20-18(25)13-19(9-3-2-4-10-19)14-24-15-21-22-23-24/h5-7,12,15H,2-4,8-11,13-14H2,1H3,(H,20,25). The molecule has 7 nitrogen and oxygen atoms in total. The summed E-state index contributed by atoms with van der Waals surface area (Å²) in [6.45, 7) is 1.34. The van der Waals surface area contributed by atoms with Crippen molar-refractivity contribution in [2.75, 3.05) is 13.7 Å². The molecule has 0 spiro atoms. The van der Waals surface area contributed by atoms with Crippen LogP contribution >= 0.6 is 0 Å². The monoisotopic (exact) mass is 357 g/mol. The van der Waals surface area contributed by atoms with E-state index in [9.17, 15) is 4.79 Å². The van der Waals surface area contributed by atoms with Crippen molar-refractivity contribution in [1.29, 1.82) is 0 Å². The van der Waals surface area contributed by atoms with Gasteiger partial charge in [-0.15, -0.1) is 5.10 Å². The number of ether oxygens (including phenoxy) is 1. The summed E-state index contributed by atoms with van der Waals surface area (Å²) in [4.78, 5) is 12.6. The number of nitrogens with one attached hydrogen (secondary N) is 1. The van der Waals surface area contributed by atoms with Gasteiger partial charge in [-0.3, -0.25) is 4.79 Å². The third-order valence-electron chi connectivity index (χ3n) is 5.21. The van der Waals surface area contributed by atoms with Gasteiger partial charge in [0.25, 0.3) is 0 Å². The molecule has 26 heavy (non-hydrogen) atoms. The van der Waals surface area contributed by atoms with Crippen LogP contribution in [0.25, 0.3) is 0 Å². The Morgan fingerprint density at radius 2 is 2.15 bits per heavy atom. The Morgan fingerprint density at radius 3 is 2.88 bits per heavy atom. The molecule has 0 unspecified atom stereocenters. The van der Waals surface area contributed by atoms with Gasteiger partial charge in [0, 0.05) is 13.0 Å². The molecule has 1 saturated carbocycles. The number of aromatic nitrogens is 4. The van der Waals surface area contributed by atoms with Gasteiger partial charge in [0.1, 0.15) is 12.1 Å². The van der Waals surface area contributed by atoms with Gasteiger partial charge in [-0.05, 0) is 52.8 Å². The van der Waals surface area contributed by atoms with E-state index >= 15 is 0 Å². The van der Waals surface area contributed by atoms with E-state index in [1.165, 1.54) is 19.3 Å². The number of hydrogen-bond donors (Lipinski definition) is 1. The summed E-state index contributed by atoms with van der Waals surface area (Å²) in [5.41, 5.74) is 1.12. The average Bonchev–Trinajstić information content (AvgIpc) is 3.15. The molecule has 1 aromatic carbocycles. The van der Waals surface area contributed by atoms with Gasteiger partial charge in [0.15, 0.2) is 0 Å². The zero-order valence-electron chi connectivity index (χ0n) is 15.4. The van der Waals surface area contributed by atoms with E-state index in [4.69, 9.17) is 4.74 Å². The predicted octanol–water partition coefficient (Wildman–Crippen LogP) is 2.38. The minimum Gasteiger partial charge on any atom is -0.497 e. The largest absolute Gasteiger partial charge is 0.497 e. The van der Waals surface area contributed by atoms with E-state index in [1.54, 1.807) is 18.1 Å². The number of tetrazole rings is 1. The average molecular weight is 357 g/mol. The number of carbonyl (C=O) groups is 1. The molecule has 3 rings (SSSR count). The molecule has 2 aromatic rings. The topological polar surface area (TPSA) is 81.9 Å². The summed E-state index contributed by atoms with van der Waals surface area (Å²) in [7, 11) is 1.66. The molecule has 0 aliphatic heterocycles. The van der Waals surface area contributed by atoms with E-state index in [0.29, 0.717) is 19.5 Å². The summed E-state index contributed by atoms with van der Waals surface area (Å²) in [6, 6.07) is 7.95. The molecule has 1 aliphatic carbocycles. The Kier molecular flexibility index (Phi) is 6.20. The van der Waals surface area contributed by atoms with Gasteiger partial charge in [-0.1, -0.05) is 31.4 Å². The fourth-order valence-electron chi connectivity index (χ4n) is 3.87. The lowest BCUT2D eigenvalue weighted by molar-refractivity contribution is -0.124. The Hall–Kier alpha value is -2.44. The number of rotatable bonds is 8. The van der Waals surface area contributed by atoms with Crippen LogP contribution in [0.5, 0.6) is 5.75 Å². The Labute approximate surface area is 154 Å². The maximum Gasteiger partial charge on any atom is 0.220 e. The maximum atomic E-state index is 12.6. The van der Waals surface area contributed by atoms with Crippen molar-refractivity contribution in [2.45, 2.75) is 51.5 Å². The van der Waals surface area contributed by atoms with Gasteiger partial charge in [0.05, 0.1) is 13.7 Å². The summed E-state index contributed by atoms with van der Waals surface area (Å²) < 4.78 is 7.00. The van der Waals surface area contributed by atoms with Crippen LogP contribution < -0.4 is 10.1 Å². The van der Waals surface area contributed by atoms with Crippen LogP contribution in [0.1, 0.15) is 44.1 Å². The van der Waals surface area contributed by atoms with E-state index in [0.717, 1.165) is 30.6 Å². The summed E-state index contributed by atoms with van der Waals surface area (Å²) in [6.07, 6.45) is 8.64. The zero-order valence-corrected chi connectivity index (χ0v) is 15.4. The molecule has 1 aromatic heterocycles. The quantitative estimate of drug-likeness (QED) is 0.784. The Morgan fingerprint density at radius 1 is 1.31 bits per heavy atom. The van der Waals surface area contributed by atoms with Crippen LogP contribution in [-0.2, 0) is 17.8 Å². The lowest BCUT2D eigenvalue weighted by Gasteiger charge is -2.36. The van der Waals surface area contributed by atoms with Crippen molar-refractivity contribution in [3.63, 3.8) is 0 Å². The van der Waals surface area contributed by atoms with Crippen LogP contribution in [0.2, 0.25) is 0 Å². The first kappa shape index (κ1) is 18.4. The summed E-state index contributed by atoms with van der Waals surface area (Å²) in [5.74, 6) is 0.958. The molecule has 1 aliphatic rings. The minimum absolute atomic E-state index is 0.0340. The Balaban J connectivity index is 1.52. The third-order valence-corrected chi connectivity index (χ3v) is 5.21. The van der Waals surface area contributed by atoms with Crippen molar-refractivity contribution in [3.8, 4) is 5.75 Å². The second kappa shape index (κ2) is 8.78. The normalized spacial score (nSPS) is 16.2. The molecule has 0 radical (unpaired) electrons. The Bertz CT molecular complexity index is 696. The second-order valence-electron chi connectivity index (χ2n) is 7.20. The van der Waals surface area contributed by atoms with Crippen molar-refractivity contribution < 1.29 is 9.53 Å². The molecule has 1 heterocycles. The summed E-state index contributed by atoms with van der Waals surface area (Å²) in [5, 5.41) is 14.5. The first-order chi connectivity index (χ1) is 12.7. The van der Waals surface area contributed by atoms with Gasteiger partial charge >= 0.3 is 0 Å². The van der Waals surface area contributed by atoms with E-state index in [1.807, 2.05) is 18.2 Å². The molecular weight excluding hydrogens is 330 g/mol. The maximum absolute atomic E-state index is 12.6. The molecule has 140 valence electrons. The SMILES string of the molecule is COc1cccc(CCNC(=O)CC2(Cn3cnnn3)CCCCC2)c1. The first-order valence-corrected chi connectivity index (χ1v) is 9.30. The highest BCUT2D eigenvalue weighted by Crippen LogP contribution is 2.40. The molecule has 1 amide bonds.